The largest absolute Gasteiger partial charge is 0.478 e. The summed E-state index contributed by atoms with van der Waals surface area (Å²) in [4.78, 5) is 13.1. The lowest BCUT2D eigenvalue weighted by molar-refractivity contribution is -0.128. The molecule has 2 aromatic carbocycles. The molecule has 1 saturated heterocycles. The number of nitrogens with zero attached hydrogens (tertiary/aromatic N) is 1. The molecule has 1 N–H and O–H groups in total. The number of amides is 1. The zero-order chi connectivity index (χ0) is 21.9. The summed E-state index contributed by atoms with van der Waals surface area (Å²) in [6, 6.07) is 17.1. The van der Waals surface area contributed by atoms with Crippen LogP contribution < -0.4 is 14.4 Å². The van der Waals surface area contributed by atoms with E-state index in [0.717, 1.165) is 12.8 Å². The predicted molar refractivity (Wildman–Crippen MR) is 119 cm³/mol. The third-order valence-corrected chi connectivity index (χ3v) is 7.31. The van der Waals surface area contributed by atoms with Gasteiger partial charge in [0.25, 0.3) is 5.91 Å². The summed E-state index contributed by atoms with van der Waals surface area (Å²) in [7, 11) is -3.48. The average Bonchev–Trinajstić information content (AvgIpc) is 2.98. The number of carbonyl (C=O) groups is 1. The molecule has 0 aromatic heterocycles. The van der Waals surface area contributed by atoms with Crippen LogP contribution >= 0.6 is 0 Å². The summed E-state index contributed by atoms with van der Waals surface area (Å²) < 4.78 is 37.4. The molecule has 2 heterocycles. The monoisotopic (exact) mass is 444 g/mol. The number of carbonyl (C=O) groups excluding carboxylic acids is 1. The number of para-hydroxylation sites is 2. The second-order valence-electron chi connectivity index (χ2n) is 8.17. The van der Waals surface area contributed by atoms with E-state index in [-0.39, 0.29) is 24.3 Å². The molecule has 2 aliphatic heterocycles. The summed E-state index contributed by atoms with van der Waals surface area (Å²) in [5.74, 6) is 0.168. The number of fused-ring (bicyclic) bond motifs is 1. The van der Waals surface area contributed by atoms with Crippen molar-refractivity contribution in [1.29, 1.82) is 0 Å². The van der Waals surface area contributed by atoms with Crippen LogP contribution in [0.1, 0.15) is 24.8 Å². The molecule has 31 heavy (non-hydrogen) atoms. The van der Waals surface area contributed by atoms with Crippen molar-refractivity contribution in [1.82, 2.24) is 5.32 Å². The second kappa shape index (κ2) is 8.88. The first-order valence-electron chi connectivity index (χ1n) is 10.5. The number of rotatable bonds is 5. The fourth-order valence-corrected chi connectivity index (χ4v) is 5.30. The van der Waals surface area contributed by atoms with Crippen molar-refractivity contribution >= 4 is 21.6 Å². The van der Waals surface area contributed by atoms with Crippen molar-refractivity contribution in [2.24, 2.45) is 0 Å². The van der Waals surface area contributed by atoms with E-state index >= 15 is 0 Å². The molecule has 8 heteroatoms. The van der Waals surface area contributed by atoms with Gasteiger partial charge in [0.15, 0.2) is 6.10 Å². The van der Waals surface area contributed by atoms with Crippen molar-refractivity contribution < 1.29 is 22.7 Å². The minimum atomic E-state index is -3.48. The molecule has 0 radical (unpaired) electrons. The number of sulfonamides is 1. The number of hydrogen-bond donors (Lipinski definition) is 1. The highest BCUT2D eigenvalue weighted by atomic mass is 32.2. The number of benzene rings is 2. The first-order valence-corrected chi connectivity index (χ1v) is 12.4. The highest BCUT2D eigenvalue weighted by Crippen LogP contribution is 2.35. The summed E-state index contributed by atoms with van der Waals surface area (Å²) in [5.41, 5.74) is 1.47. The molecule has 0 aliphatic carbocycles. The van der Waals surface area contributed by atoms with Gasteiger partial charge in [-0.25, -0.2) is 8.42 Å². The van der Waals surface area contributed by atoms with Gasteiger partial charge in [-0.15, -0.1) is 0 Å². The lowest BCUT2D eigenvalue weighted by Gasteiger charge is -2.38. The average molecular weight is 445 g/mol. The fourth-order valence-electron chi connectivity index (χ4n) is 4.35. The van der Waals surface area contributed by atoms with E-state index < -0.39 is 16.1 Å². The van der Waals surface area contributed by atoms with Crippen LogP contribution in [0.15, 0.2) is 54.6 Å². The van der Waals surface area contributed by atoms with Crippen LogP contribution in [0.5, 0.6) is 5.75 Å². The van der Waals surface area contributed by atoms with Crippen LogP contribution in [-0.4, -0.2) is 53.0 Å². The van der Waals surface area contributed by atoms with Crippen LogP contribution in [0.3, 0.4) is 0 Å². The molecule has 1 amide bonds. The lowest BCUT2D eigenvalue weighted by atomic mass is 9.74. The molecule has 0 bridgehead atoms. The molecule has 0 spiro atoms. The molecule has 0 saturated carbocycles. The standard InChI is InChI=1S/C23H28N2O5S/c1-31(27,28)25-14-11-21(30-20-10-6-5-9-19(20)25)22(26)24-17-23(12-15-29-16-13-23)18-7-3-2-4-8-18/h2-10,21H,11-17H2,1H3,(H,24,26)/t21-/m0/s1. The van der Waals surface area contributed by atoms with E-state index in [1.165, 1.54) is 16.1 Å². The first kappa shape index (κ1) is 21.6. The van der Waals surface area contributed by atoms with E-state index in [4.69, 9.17) is 9.47 Å². The van der Waals surface area contributed by atoms with Crippen LogP contribution in [0.4, 0.5) is 5.69 Å². The SMILES string of the molecule is CS(=O)(=O)N1CC[C@@H](C(=O)NCC2(c3ccccc3)CCOCC2)Oc2ccccc21. The van der Waals surface area contributed by atoms with Crippen LogP contribution in [0.2, 0.25) is 0 Å². The van der Waals surface area contributed by atoms with Crippen molar-refractivity contribution in [3.05, 3.63) is 60.2 Å². The molecule has 1 fully saturated rings. The third-order valence-electron chi connectivity index (χ3n) is 6.13. The number of anilines is 1. The highest BCUT2D eigenvalue weighted by Gasteiger charge is 2.36. The zero-order valence-electron chi connectivity index (χ0n) is 17.6. The maximum Gasteiger partial charge on any atom is 0.261 e. The van der Waals surface area contributed by atoms with Crippen molar-refractivity contribution in [3.8, 4) is 5.75 Å². The highest BCUT2D eigenvalue weighted by molar-refractivity contribution is 7.92. The van der Waals surface area contributed by atoms with E-state index in [1.54, 1.807) is 24.3 Å². The molecule has 4 rings (SSSR count). The van der Waals surface area contributed by atoms with Gasteiger partial charge in [0.1, 0.15) is 5.75 Å². The molecule has 2 aromatic rings. The van der Waals surface area contributed by atoms with E-state index in [9.17, 15) is 13.2 Å². The molecule has 166 valence electrons. The van der Waals surface area contributed by atoms with Crippen molar-refractivity contribution in [2.75, 3.05) is 36.9 Å². The van der Waals surface area contributed by atoms with Gasteiger partial charge < -0.3 is 14.8 Å². The third kappa shape index (κ3) is 4.70. The Bertz CT molecular complexity index is 1020. The van der Waals surface area contributed by atoms with E-state index in [2.05, 4.69) is 17.4 Å². The Balaban J connectivity index is 1.51. The summed E-state index contributed by atoms with van der Waals surface area (Å²) in [6.45, 7) is 1.98. The Labute approximate surface area is 183 Å². The van der Waals surface area contributed by atoms with Gasteiger partial charge in [0.05, 0.1) is 11.9 Å². The fraction of sp³-hybridized carbons (Fsp3) is 0.435. The second-order valence-corrected chi connectivity index (χ2v) is 10.1. The van der Waals surface area contributed by atoms with Crippen LogP contribution in [0, 0.1) is 0 Å². The van der Waals surface area contributed by atoms with Gasteiger partial charge in [-0.05, 0) is 30.5 Å². The topological polar surface area (TPSA) is 84.9 Å². The zero-order valence-corrected chi connectivity index (χ0v) is 18.4. The van der Waals surface area contributed by atoms with Gasteiger partial charge in [0, 0.05) is 38.1 Å². The molecule has 0 unspecified atom stereocenters. The summed E-state index contributed by atoms with van der Waals surface area (Å²) in [5, 5.41) is 3.09. The van der Waals surface area contributed by atoms with Gasteiger partial charge in [-0.1, -0.05) is 42.5 Å². The number of nitrogens with one attached hydrogen (secondary N) is 1. The van der Waals surface area contributed by atoms with E-state index in [1.807, 2.05) is 18.2 Å². The Hall–Kier alpha value is -2.58. The van der Waals surface area contributed by atoms with E-state index in [0.29, 0.717) is 31.2 Å². The quantitative estimate of drug-likeness (QED) is 0.766. The molecule has 7 nitrogen and oxygen atoms in total. The molecule has 2 aliphatic rings. The minimum absolute atomic E-state index is 0.184. The Morgan fingerprint density at radius 3 is 2.48 bits per heavy atom. The Morgan fingerprint density at radius 2 is 1.77 bits per heavy atom. The first-order chi connectivity index (χ1) is 14.9. The molecule has 1 atom stereocenters. The summed E-state index contributed by atoms with van der Waals surface area (Å²) in [6.07, 6.45) is 2.33. The van der Waals surface area contributed by atoms with Crippen molar-refractivity contribution in [2.45, 2.75) is 30.8 Å². The summed E-state index contributed by atoms with van der Waals surface area (Å²) >= 11 is 0. The number of ether oxygens (including phenoxy) is 2. The van der Waals surface area contributed by atoms with Gasteiger partial charge in [-0.2, -0.15) is 0 Å². The Kier molecular flexibility index (Phi) is 6.20. The smallest absolute Gasteiger partial charge is 0.261 e. The van der Waals surface area contributed by atoms with Crippen molar-refractivity contribution in [3.63, 3.8) is 0 Å². The lowest BCUT2D eigenvalue weighted by Crippen LogP contribution is -2.48. The normalized spacial score (nSPS) is 20.8. The van der Waals surface area contributed by atoms with Gasteiger partial charge >= 0.3 is 0 Å². The van der Waals surface area contributed by atoms with Gasteiger partial charge in [0.2, 0.25) is 10.0 Å². The predicted octanol–water partition coefficient (Wildman–Crippen LogP) is 2.47. The molecular formula is C23H28N2O5S. The number of hydrogen-bond acceptors (Lipinski definition) is 5. The Morgan fingerprint density at radius 1 is 1.10 bits per heavy atom. The van der Waals surface area contributed by atoms with Gasteiger partial charge in [-0.3, -0.25) is 9.10 Å². The maximum absolute atomic E-state index is 13.1. The van der Waals surface area contributed by atoms with Crippen LogP contribution in [0.25, 0.3) is 0 Å². The maximum atomic E-state index is 13.1. The molecular weight excluding hydrogens is 416 g/mol. The minimum Gasteiger partial charge on any atom is -0.478 e. The van der Waals surface area contributed by atoms with Crippen LogP contribution in [-0.2, 0) is 25.0 Å².